The predicted octanol–water partition coefficient (Wildman–Crippen LogP) is 23.3. The molecule has 0 atom stereocenters. The van der Waals surface area contributed by atoms with Crippen molar-refractivity contribution in [3.63, 3.8) is 0 Å². The summed E-state index contributed by atoms with van der Waals surface area (Å²) in [5.41, 5.74) is 31.3. The third-order valence-electron chi connectivity index (χ3n) is 21.8. The van der Waals surface area contributed by atoms with Gasteiger partial charge >= 0.3 is 0 Å². The minimum atomic E-state index is -0.192. The molecule has 2 aliphatic heterocycles. The topological polar surface area (TPSA) is 24.6 Å². The van der Waals surface area contributed by atoms with Gasteiger partial charge in [0.1, 0.15) is 11.2 Å². The van der Waals surface area contributed by atoms with E-state index in [1.54, 1.807) is 0 Å². The molecule has 2 aromatic heterocycles. The Morgan fingerprint density at radius 1 is 0.326 bits per heavy atom. The fourth-order valence-electron chi connectivity index (χ4n) is 16.0. The first-order chi connectivity index (χ1) is 45.1. The molecule has 0 saturated heterocycles. The average Bonchev–Trinajstić information content (AvgIpc) is 1.60. The van der Waals surface area contributed by atoms with Crippen LogP contribution in [0.4, 0.5) is 34.1 Å². The summed E-state index contributed by atoms with van der Waals surface area (Å²) in [6.45, 7) is 37.7. The standard InChI is InChI=1S/C90H88BN3O/c1-85(2,3)61-43-59(44-62(50-61)86(4,5)6)57-32-39-78-74(48-57)91-75-49-58(60-45-63(87(7,8)9)51-64(46-60)88(10,11)12)33-40-79(75)93(66-36-37-71-70-25-19-22-28-82(70)95-83(71)54-66)81-53-67(94-76-26-20-17-23-68(76)69-24-18-21-27-77(69)94)52-80(84(81)91)92(78)65-34-29-55(30-35-65)56-31-38-72-73(47-56)90(15,16)42-41-89(72,13)14/h17-40,43-54H,41-42H2,1-16H3. The van der Waals surface area contributed by atoms with E-state index in [-0.39, 0.29) is 39.2 Å². The molecule has 4 heterocycles. The van der Waals surface area contributed by atoms with Crippen molar-refractivity contribution in [3.8, 4) is 39.1 Å². The summed E-state index contributed by atoms with van der Waals surface area (Å²) >= 11 is 0. The van der Waals surface area contributed by atoms with Gasteiger partial charge in [0.15, 0.2) is 0 Å². The zero-order chi connectivity index (χ0) is 66.2. The van der Waals surface area contributed by atoms with Crippen LogP contribution < -0.4 is 26.2 Å². The zero-order valence-electron chi connectivity index (χ0n) is 58.5. The second kappa shape index (κ2) is 21.1. The van der Waals surface area contributed by atoms with E-state index in [0.29, 0.717) is 0 Å². The van der Waals surface area contributed by atoms with E-state index in [2.05, 4.69) is 344 Å². The molecule has 95 heavy (non-hydrogen) atoms. The molecule has 0 N–H and O–H groups in total. The lowest BCUT2D eigenvalue weighted by Gasteiger charge is -2.44. The lowest BCUT2D eigenvalue weighted by Crippen LogP contribution is -2.61. The molecular weight excluding hydrogens is 1150 g/mol. The number of hydrogen-bond donors (Lipinski definition) is 0. The Morgan fingerprint density at radius 3 is 1.26 bits per heavy atom. The quantitative estimate of drug-likeness (QED) is 0.155. The average molecular weight is 1240 g/mol. The monoisotopic (exact) mass is 1240 g/mol. The van der Waals surface area contributed by atoms with E-state index in [1.807, 2.05) is 0 Å². The highest BCUT2D eigenvalue weighted by molar-refractivity contribution is 7.00. The molecule has 0 amide bonds. The summed E-state index contributed by atoms with van der Waals surface area (Å²) in [4.78, 5) is 5.18. The van der Waals surface area contributed by atoms with Gasteiger partial charge in [-0.3, -0.25) is 0 Å². The molecule has 4 nitrogen and oxygen atoms in total. The Bertz CT molecular complexity index is 5190. The van der Waals surface area contributed by atoms with Gasteiger partial charge in [-0.1, -0.05) is 256 Å². The van der Waals surface area contributed by atoms with Crippen molar-refractivity contribution in [2.75, 3.05) is 9.80 Å². The van der Waals surface area contributed by atoms with Gasteiger partial charge in [0, 0.05) is 61.7 Å². The van der Waals surface area contributed by atoms with Crippen molar-refractivity contribution in [3.05, 3.63) is 252 Å². The van der Waals surface area contributed by atoms with E-state index < -0.39 is 0 Å². The third kappa shape index (κ3) is 9.99. The first-order valence-corrected chi connectivity index (χ1v) is 34.6. The minimum Gasteiger partial charge on any atom is -0.456 e. The van der Waals surface area contributed by atoms with Crippen LogP contribution >= 0.6 is 0 Å². The number of benzene rings is 11. The molecule has 3 aliphatic rings. The highest BCUT2D eigenvalue weighted by Crippen LogP contribution is 2.51. The van der Waals surface area contributed by atoms with Crippen molar-refractivity contribution >= 4 is 101 Å². The Kier molecular flexibility index (Phi) is 13.5. The summed E-state index contributed by atoms with van der Waals surface area (Å²) in [5, 5.41) is 4.68. The van der Waals surface area contributed by atoms with Gasteiger partial charge < -0.3 is 18.8 Å². The van der Waals surface area contributed by atoms with Crippen LogP contribution in [0.3, 0.4) is 0 Å². The van der Waals surface area contributed by atoms with Gasteiger partial charge in [0.2, 0.25) is 0 Å². The summed E-state index contributed by atoms with van der Waals surface area (Å²) in [6, 6.07) is 84.7. The van der Waals surface area contributed by atoms with Crippen molar-refractivity contribution in [2.24, 2.45) is 0 Å². The molecule has 11 aromatic carbocycles. The van der Waals surface area contributed by atoms with E-state index in [9.17, 15) is 0 Å². The zero-order valence-corrected chi connectivity index (χ0v) is 58.5. The van der Waals surface area contributed by atoms with E-state index in [0.717, 1.165) is 56.1 Å². The van der Waals surface area contributed by atoms with Crippen LogP contribution in [0.2, 0.25) is 0 Å². The van der Waals surface area contributed by atoms with Gasteiger partial charge in [-0.15, -0.1) is 0 Å². The first kappa shape index (κ1) is 60.6. The number of para-hydroxylation sites is 3. The molecule has 0 spiro atoms. The van der Waals surface area contributed by atoms with Crippen LogP contribution in [-0.2, 0) is 32.5 Å². The number of furan rings is 1. The number of aromatic nitrogens is 1. The molecule has 0 fully saturated rings. The second-order valence-electron chi connectivity index (χ2n) is 33.4. The Morgan fingerprint density at radius 2 is 0.747 bits per heavy atom. The molecule has 0 radical (unpaired) electrons. The maximum atomic E-state index is 6.85. The van der Waals surface area contributed by atoms with Crippen molar-refractivity contribution in [1.29, 1.82) is 0 Å². The number of rotatable bonds is 6. The van der Waals surface area contributed by atoms with E-state index >= 15 is 0 Å². The fraction of sp³-hybridized carbons (Fsp3) is 0.267. The Balaban J connectivity index is 1.01. The van der Waals surface area contributed by atoms with Crippen LogP contribution in [0.5, 0.6) is 0 Å². The Labute approximate surface area is 563 Å². The fourth-order valence-corrected chi connectivity index (χ4v) is 16.0. The highest BCUT2D eigenvalue weighted by atomic mass is 16.3. The van der Waals surface area contributed by atoms with Gasteiger partial charge in [-0.25, -0.2) is 0 Å². The predicted molar refractivity (Wildman–Crippen MR) is 408 cm³/mol. The SMILES string of the molecule is CC(C)(C)c1cc(-c2ccc3c(c2)B2c4cc(-c5cc(C(C)(C)C)cc(C(C)(C)C)c5)ccc4N(c4ccc5c(c4)oc4ccccc45)c4cc(-n5c6ccccc6c6ccccc65)cc(c42)N3c2ccc(-c3ccc4c(c3)C(C)(C)CCC4(C)C)cc2)cc(C(C)(C)C)c1. The van der Waals surface area contributed by atoms with Crippen LogP contribution in [0.25, 0.3) is 82.8 Å². The van der Waals surface area contributed by atoms with Gasteiger partial charge in [-0.2, -0.15) is 0 Å². The van der Waals surface area contributed by atoms with E-state index in [1.165, 1.54) is 123 Å². The molecule has 13 aromatic rings. The van der Waals surface area contributed by atoms with E-state index in [4.69, 9.17) is 4.42 Å². The Hall–Kier alpha value is -9.32. The molecule has 0 saturated carbocycles. The smallest absolute Gasteiger partial charge is 0.252 e. The van der Waals surface area contributed by atoms with Gasteiger partial charge in [0.25, 0.3) is 6.71 Å². The van der Waals surface area contributed by atoms with Crippen LogP contribution in [0, 0.1) is 0 Å². The minimum absolute atomic E-state index is 0.0638. The maximum absolute atomic E-state index is 6.85. The normalized spacial score (nSPS) is 15.2. The number of nitrogens with zero attached hydrogens (tertiary/aromatic N) is 3. The largest absolute Gasteiger partial charge is 0.456 e. The third-order valence-corrected chi connectivity index (χ3v) is 21.8. The van der Waals surface area contributed by atoms with Crippen LogP contribution in [-0.4, -0.2) is 11.3 Å². The lowest BCUT2D eigenvalue weighted by molar-refractivity contribution is 0.332. The molecule has 0 bridgehead atoms. The summed E-state index contributed by atoms with van der Waals surface area (Å²) < 4.78 is 9.37. The van der Waals surface area contributed by atoms with Gasteiger partial charge in [0.05, 0.1) is 16.7 Å². The van der Waals surface area contributed by atoms with Crippen molar-refractivity contribution in [1.82, 2.24) is 4.57 Å². The number of fused-ring (bicyclic) bond motifs is 11. The number of hydrogen-bond acceptors (Lipinski definition) is 3. The maximum Gasteiger partial charge on any atom is 0.252 e. The lowest BCUT2D eigenvalue weighted by atomic mass is 9.33. The van der Waals surface area contributed by atoms with Crippen LogP contribution in [0.1, 0.15) is 157 Å². The van der Waals surface area contributed by atoms with Gasteiger partial charge in [-0.05, 0) is 195 Å². The summed E-state index contributed by atoms with van der Waals surface area (Å²) in [7, 11) is 0. The second-order valence-corrected chi connectivity index (χ2v) is 33.4. The molecule has 5 heteroatoms. The van der Waals surface area contributed by atoms with Crippen molar-refractivity contribution in [2.45, 2.75) is 156 Å². The summed E-state index contributed by atoms with van der Waals surface area (Å²) in [5.74, 6) is 0. The molecular formula is C90H88BN3O. The van der Waals surface area contributed by atoms with Crippen molar-refractivity contribution < 1.29 is 4.42 Å². The molecule has 1 aliphatic carbocycles. The summed E-state index contributed by atoms with van der Waals surface area (Å²) in [6.07, 6.45) is 2.36. The molecule has 472 valence electrons. The molecule has 16 rings (SSSR count). The highest BCUT2D eigenvalue weighted by Gasteiger charge is 2.45. The van der Waals surface area contributed by atoms with Crippen LogP contribution in [0.15, 0.2) is 223 Å². The molecule has 0 unspecified atom stereocenters. The number of anilines is 6. The first-order valence-electron chi connectivity index (χ1n) is 34.6.